The van der Waals surface area contributed by atoms with Crippen LogP contribution in [0.2, 0.25) is 0 Å². The highest BCUT2D eigenvalue weighted by atomic mass is 32.2. The number of oxime groups is 1. The second kappa shape index (κ2) is 5.80. The van der Waals surface area contributed by atoms with Gasteiger partial charge in [-0.25, -0.2) is 0 Å². The molecule has 0 aliphatic rings. The Hall–Kier alpha value is -1.94. The highest BCUT2D eigenvalue weighted by molar-refractivity contribution is 7.99. The molecule has 0 saturated carbocycles. The summed E-state index contributed by atoms with van der Waals surface area (Å²) >= 11 is 1.61. The summed E-state index contributed by atoms with van der Waals surface area (Å²) < 4.78 is 0. The lowest BCUT2D eigenvalue weighted by Gasteiger charge is -2.09. The van der Waals surface area contributed by atoms with Crippen LogP contribution in [0.4, 0.5) is 0 Å². The molecule has 0 atom stereocenters. The molecule has 0 unspecified atom stereocenters. The maximum atomic E-state index is 8.85. The van der Waals surface area contributed by atoms with Crippen molar-refractivity contribution in [3.05, 3.63) is 59.2 Å². The summed E-state index contributed by atoms with van der Waals surface area (Å²) in [5, 5.41) is 11.9. The average Bonchev–Trinajstić information content (AvgIpc) is 2.38. The van der Waals surface area contributed by atoms with Gasteiger partial charge >= 0.3 is 0 Å². The molecule has 2 rings (SSSR count). The lowest BCUT2D eigenvalue weighted by Crippen LogP contribution is -2.14. The topological polar surface area (TPSA) is 58.6 Å². The van der Waals surface area contributed by atoms with Crippen molar-refractivity contribution >= 4 is 17.6 Å². The molecular weight excluding hydrogens is 256 g/mol. The Kier molecular flexibility index (Phi) is 4.12. The van der Waals surface area contributed by atoms with Crippen molar-refractivity contribution in [2.45, 2.75) is 23.6 Å². The van der Waals surface area contributed by atoms with E-state index in [0.717, 1.165) is 20.9 Å². The van der Waals surface area contributed by atoms with Gasteiger partial charge in [0.2, 0.25) is 0 Å². The number of nitrogens with zero attached hydrogens (tertiary/aromatic N) is 1. The van der Waals surface area contributed by atoms with E-state index in [9.17, 15) is 0 Å². The van der Waals surface area contributed by atoms with Gasteiger partial charge in [0.05, 0.1) is 0 Å². The molecule has 0 fully saturated rings. The Balaban J connectivity index is 2.41. The highest BCUT2D eigenvalue weighted by Gasteiger charge is 2.09. The number of hydrogen-bond acceptors (Lipinski definition) is 3. The van der Waals surface area contributed by atoms with Crippen LogP contribution in [0.3, 0.4) is 0 Å². The normalized spacial score (nSPS) is 11.6. The minimum absolute atomic E-state index is 0.134. The van der Waals surface area contributed by atoms with Gasteiger partial charge < -0.3 is 10.9 Å². The molecule has 0 aromatic heterocycles. The predicted molar refractivity (Wildman–Crippen MR) is 79.0 cm³/mol. The fourth-order valence-corrected chi connectivity index (χ4v) is 2.96. The van der Waals surface area contributed by atoms with E-state index in [0.29, 0.717) is 0 Å². The molecule has 19 heavy (non-hydrogen) atoms. The summed E-state index contributed by atoms with van der Waals surface area (Å²) in [6.07, 6.45) is 0. The van der Waals surface area contributed by atoms with Crippen molar-refractivity contribution in [3.63, 3.8) is 0 Å². The van der Waals surface area contributed by atoms with Crippen molar-refractivity contribution in [2.24, 2.45) is 10.9 Å². The van der Waals surface area contributed by atoms with Gasteiger partial charge in [0.1, 0.15) is 0 Å². The van der Waals surface area contributed by atoms with Gasteiger partial charge in [-0.05, 0) is 43.7 Å². The lowest BCUT2D eigenvalue weighted by molar-refractivity contribution is 0.318. The van der Waals surface area contributed by atoms with Gasteiger partial charge in [-0.3, -0.25) is 0 Å². The summed E-state index contributed by atoms with van der Waals surface area (Å²) in [5.41, 5.74) is 8.82. The van der Waals surface area contributed by atoms with E-state index in [4.69, 9.17) is 10.9 Å². The summed E-state index contributed by atoms with van der Waals surface area (Å²) in [5.74, 6) is 0.134. The van der Waals surface area contributed by atoms with Gasteiger partial charge in [-0.15, -0.1) is 0 Å². The number of amidine groups is 1. The number of aryl methyl sites for hydroxylation is 2. The van der Waals surface area contributed by atoms with Crippen LogP contribution in [-0.2, 0) is 0 Å². The zero-order chi connectivity index (χ0) is 13.8. The number of rotatable bonds is 3. The van der Waals surface area contributed by atoms with Gasteiger partial charge in [-0.2, -0.15) is 0 Å². The zero-order valence-electron chi connectivity index (χ0n) is 10.9. The molecule has 0 bridgehead atoms. The van der Waals surface area contributed by atoms with Crippen LogP contribution >= 0.6 is 11.8 Å². The van der Waals surface area contributed by atoms with E-state index >= 15 is 0 Å². The SMILES string of the molecule is Cc1cccc(Sc2cc(C)ccc2C(N)=NO)c1. The van der Waals surface area contributed by atoms with Crippen LogP contribution in [0, 0.1) is 13.8 Å². The molecule has 0 aliphatic heterocycles. The molecule has 3 N–H and O–H groups in total. The van der Waals surface area contributed by atoms with E-state index in [1.54, 1.807) is 11.8 Å². The lowest BCUT2D eigenvalue weighted by atomic mass is 10.1. The summed E-state index contributed by atoms with van der Waals surface area (Å²) in [7, 11) is 0. The molecule has 0 aliphatic carbocycles. The molecule has 3 nitrogen and oxygen atoms in total. The molecule has 0 heterocycles. The van der Waals surface area contributed by atoms with Crippen LogP contribution in [0.25, 0.3) is 0 Å². The zero-order valence-corrected chi connectivity index (χ0v) is 11.7. The van der Waals surface area contributed by atoms with Crippen LogP contribution < -0.4 is 5.73 Å². The van der Waals surface area contributed by atoms with Crippen molar-refractivity contribution in [2.75, 3.05) is 0 Å². The fraction of sp³-hybridized carbons (Fsp3) is 0.133. The van der Waals surface area contributed by atoms with E-state index in [-0.39, 0.29) is 5.84 Å². The Morgan fingerprint density at radius 3 is 2.53 bits per heavy atom. The first-order chi connectivity index (χ1) is 9.10. The highest BCUT2D eigenvalue weighted by Crippen LogP contribution is 2.31. The average molecular weight is 272 g/mol. The molecule has 0 amide bonds. The smallest absolute Gasteiger partial charge is 0.171 e. The van der Waals surface area contributed by atoms with E-state index < -0.39 is 0 Å². The molecule has 2 aromatic rings. The van der Waals surface area contributed by atoms with Crippen LogP contribution in [0.5, 0.6) is 0 Å². The van der Waals surface area contributed by atoms with Crippen LogP contribution in [0.1, 0.15) is 16.7 Å². The Bertz CT molecular complexity index is 623. The number of benzene rings is 2. The largest absolute Gasteiger partial charge is 0.409 e. The van der Waals surface area contributed by atoms with Gasteiger partial charge in [0.15, 0.2) is 5.84 Å². The monoisotopic (exact) mass is 272 g/mol. The number of nitrogens with two attached hydrogens (primary N) is 1. The standard InChI is InChI=1S/C15H16N2OS/c1-10-4-3-5-12(8-10)19-14-9-11(2)6-7-13(14)15(16)17-18/h3-9,18H,1-2H3,(H2,16,17). The summed E-state index contributed by atoms with van der Waals surface area (Å²) in [4.78, 5) is 2.12. The quantitative estimate of drug-likeness (QED) is 0.389. The maximum absolute atomic E-state index is 8.85. The van der Waals surface area contributed by atoms with Crippen molar-refractivity contribution in [1.29, 1.82) is 0 Å². The molecule has 0 spiro atoms. The van der Waals surface area contributed by atoms with Gasteiger partial charge in [-0.1, -0.05) is 40.7 Å². The predicted octanol–water partition coefficient (Wildman–Crippen LogP) is 3.55. The number of hydrogen-bond donors (Lipinski definition) is 2. The molecule has 4 heteroatoms. The Morgan fingerprint density at radius 2 is 1.84 bits per heavy atom. The van der Waals surface area contributed by atoms with Gasteiger partial charge in [0.25, 0.3) is 0 Å². The Labute approximate surface area is 117 Å². The Morgan fingerprint density at radius 1 is 1.11 bits per heavy atom. The van der Waals surface area contributed by atoms with Gasteiger partial charge in [0, 0.05) is 15.4 Å². The third kappa shape index (κ3) is 3.29. The molecule has 0 saturated heterocycles. The third-order valence-electron chi connectivity index (χ3n) is 2.74. The summed E-state index contributed by atoms with van der Waals surface area (Å²) in [6.45, 7) is 4.08. The van der Waals surface area contributed by atoms with E-state index in [1.807, 2.05) is 31.2 Å². The molecule has 98 valence electrons. The molecule has 2 aromatic carbocycles. The molecule has 0 radical (unpaired) electrons. The second-order valence-corrected chi connectivity index (χ2v) is 5.52. The van der Waals surface area contributed by atoms with Crippen molar-refractivity contribution in [3.8, 4) is 0 Å². The minimum atomic E-state index is 0.134. The first-order valence-corrected chi connectivity index (χ1v) is 6.75. The molecular formula is C15H16N2OS. The summed E-state index contributed by atoms with van der Waals surface area (Å²) in [6, 6.07) is 14.1. The third-order valence-corrected chi connectivity index (χ3v) is 3.79. The van der Waals surface area contributed by atoms with E-state index in [2.05, 4.69) is 30.3 Å². The van der Waals surface area contributed by atoms with Crippen LogP contribution in [0.15, 0.2) is 57.4 Å². The van der Waals surface area contributed by atoms with E-state index in [1.165, 1.54) is 5.56 Å². The second-order valence-electron chi connectivity index (χ2n) is 4.40. The fourth-order valence-electron chi connectivity index (χ4n) is 1.79. The first kappa shape index (κ1) is 13.5. The first-order valence-electron chi connectivity index (χ1n) is 5.93. The maximum Gasteiger partial charge on any atom is 0.171 e. The van der Waals surface area contributed by atoms with Crippen molar-refractivity contribution in [1.82, 2.24) is 0 Å². The minimum Gasteiger partial charge on any atom is -0.409 e. The van der Waals surface area contributed by atoms with Crippen LogP contribution in [-0.4, -0.2) is 11.0 Å². The van der Waals surface area contributed by atoms with Crippen molar-refractivity contribution < 1.29 is 5.21 Å².